The average Bonchev–Trinajstić information content (AvgIpc) is 3.00. The van der Waals surface area contributed by atoms with E-state index >= 15 is 0 Å². The number of anilines is 1. The predicted octanol–water partition coefficient (Wildman–Crippen LogP) is -1.00. The molecule has 3 rings (SSSR count). The van der Waals surface area contributed by atoms with Gasteiger partial charge in [-0.05, 0) is 0 Å². The number of nitrogen functional groups attached to an aromatic ring is 1. The van der Waals surface area contributed by atoms with Crippen LogP contribution in [0.1, 0.15) is 23.5 Å². The third-order valence-electron chi connectivity index (χ3n) is 4.04. The number of rotatable bonds is 3. The summed E-state index contributed by atoms with van der Waals surface area (Å²) in [7, 11) is 0. The van der Waals surface area contributed by atoms with E-state index in [1.54, 1.807) is 11.5 Å². The van der Waals surface area contributed by atoms with Crippen LogP contribution in [0.4, 0.5) is 5.82 Å². The Kier molecular flexibility index (Phi) is 3.47. The summed E-state index contributed by atoms with van der Waals surface area (Å²) in [5.74, 6) is -0.831. The third kappa shape index (κ3) is 2.02. The zero-order valence-electron chi connectivity index (χ0n) is 11.9. The molecule has 3 heterocycles. The molecular weight excluding hydrogens is 290 g/mol. The summed E-state index contributed by atoms with van der Waals surface area (Å²) in [5, 5.41) is 19.7. The van der Waals surface area contributed by atoms with Gasteiger partial charge in [0.1, 0.15) is 30.1 Å². The van der Waals surface area contributed by atoms with Gasteiger partial charge in [0.25, 0.3) is 5.91 Å². The maximum absolute atomic E-state index is 11.6. The smallest absolute Gasteiger partial charge is 0.251 e. The molecule has 2 aromatic heterocycles. The highest BCUT2D eigenvalue weighted by Crippen LogP contribution is 2.37. The van der Waals surface area contributed by atoms with E-state index < -0.39 is 24.3 Å². The van der Waals surface area contributed by atoms with E-state index in [2.05, 4.69) is 9.97 Å². The number of nitrogens with two attached hydrogens (primary N) is 2. The lowest BCUT2D eigenvalue weighted by Crippen LogP contribution is -2.28. The molecule has 0 aliphatic carbocycles. The lowest BCUT2D eigenvalue weighted by atomic mass is 10.0. The molecule has 9 nitrogen and oxygen atoms in total. The van der Waals surface area contributed by atoms with E-state index in [-0.39, 0.29) is 23.9 Å². The van der Waals surface area contributed by atoms with Crippen molar-refractivity contribution in [1.29, 1.82) is 0 Å². The molecule has 1 fully saturated rings. The van der Waals surface area contributed by atoms with Crippen LogP contribution in [-0.2, 0) is 4.74 Å². The van der Waals surface area contributed by atoms with Gasteiger partial charge < -0.3 is 31.0 Å². The summed E-state index contributed by atoms with van der Waals surface area (Å²) >= 11 is 0. The molecule has 22 heavy (non-hydrogen) atoms. The fourth-order valence-electron chi connectivity index (χ4n) is 2.85. The Morgan fingerprint density at radius 3 is 2.82 bits per heavy atom. The standard InChI is InChI=1S/C13H17N5O4/c1-5-9(20)7(3-19)22-13(5)18-2-6(11(15)21)8-10(14)16-4-17-12(8)18/h2,4-5,7,9,13,19-20H,3H2,1H3,(H2,15,21)(H2,14,16,17). The summed E-state index contributed by atoms with van der Waals surface area (Å²) in [5.41, 5.74) is 11.8. The molecule has 0 radical (unpaired) electrons. The number of hydrogen-bond donors (Lipinski definition) is 4. The molecule has 0 saturated carbocycles. The van der Waals surface area contributed by atoms with Crippen molar-refractivity contribution in [3.05, 3.63) is 18.1 Å². The van der Waals surface area contributed by atoms with Crippen LogP contribution in [0.5, 0.6) is 0 Å². The molecule has 2 aromatic rings. The Labute approximate surface area is 125 Å². The lowest BCUT2D eigenvalue weighted by Gasteiger charge is -2.18. The van der Waals surface area contributed by atoms with E-state index in [4.69, 9.17) is 16.2 Å². The first-order valence-corrected chi connectivity index (χ1v) is 6.81. The van der Waals surface area contributed by atoms with Gasteiger partial charge in [0, 0.05) is 12.1 Å². The lowest BCUT2D eigenvalue weighted by molar-refractivity contribution is -0.0445. The zero-order chi connectivity index (χ0) is 16.0. The Balaban J connectivity index is 2.16. The molecule has 118 valence electrons. The minimum atomic E-state index is -0.830. The maximum atomic E-state index is 11.6. The number of aliphatic hydroxyl groups is 2. The molecule has 1 saturated heterocycles. The van der Waals surface area contributed by atoms with Gasteiger partial charge in [-0.25, -0.2) is 9.97 Å². The van der Waals surface area contributed by atoms with E-state index in [0.717, 1.165) is 0 Å². The second-order valence-electron chi connectivity index (χ2n) is 5.37. The SMILES string of the molecule is CC1C(O)C(CO)OC1n1cc(C(N)=O)c2c(N)ncnc21. The van der Waals surface area contributed by atoms with Crippen LogP contribution in [0, 0.1) is 5.92 Å². The highest BCUT2D eigenvalue weighted by atomic mass is 16.5. The zero-order valence-corrected chi connectivity index (χ0v) is 11.9. The van der Waals surface area contributed by atoms with Crippen molar-refractivity contribution in [2.24, 2.45) is 11.7 Å². The highest BCUT2D eigenvalue weighted by Gasteiger charge is 2.42. The number of aromatic nitrogens is 3. The molecule has 4 unspecified atom stereocenters. The van der Waals surface area contributed by atoms with Crippen molar-refractivity contribution < 1.29 is 19.7 Å². The number of aliphatic hydroxyl groups excluding tert-OH is 2. The number of nitrogens with zero attached hydrogens (tertiary/aromatic N) is 3. The molecule has 1 amide bonds. The molecule has 0 bridgehead atoms. The van der Waals surface area contributed by atoms with Gasteiger partial charge >= 0.3 is 0 Å². The van der Waals surface area contributed by atoms with Crippen molar-refractivity contribution in [2.75, 3.05) is 12.3 Å². The quantitative estimate of drug-likeness (QED) is 0.568. The minimum absolute atomic E-state index is 0.141. The van der Waals surface area contributed by atoms with Gasteiger partial charge in [-0.15, -0.1) is 0 Å². The molecule has 1 aliphatic rings. The molecule has 6 N–H and O–H groups in total. The van der Waals surface area contributed by atoms with Crippen LogP contribution >= 0.6 is 0 Å². The molecule has 0 spiro atoms. The van der Waals surface area contributed by atoms with Crippen molar-refractivity contribution in [2.45, 2.75) is 25.4 Å². The molecule has 1 aliphatic heterocycles. The average molecular weight is 307 g/mol. The van der Waals surface area contributed by atoms with Gasteiger partial charge in [-0.1, -0.05) is 6.92 Å². The second-order valence-corrected chi connectivity index (χ2v) is 5.37. The molecule has 4 atom stereocenters. The van der Waals surface area contributed by atoms with Gasteiger partial charge in [-0.2, -0.15) is 0 Å². The van der Waals surface area contributed by atoms with Crippen LogP contribution in [0.15, 0.2) is 12.5 Å². The first-order valence-electron chi connectivity index (χ1n) is 6.81. The van der Waals surface area contributed by atoms with Crippen LogP contribution in [0.3, 0.4) is 0 Å². The molecule has 9 heteroatoms. The summed E-state index contributed by atoms with van der Waals surface area (Å²) in [4.78, 5) is 19.6. The number of hydrogen-bond acceptors (Lipinski definition) is 7. The first kappa shape index (κ1) is 14.7. The topological polar surface area (TPSA) is 150 Å². The fraction of sp³-hybridized carbons (Fsp3) is 0.462. The number of carbonyl (C=O) groups excluding carboxylic acids is 1. The number of carbonyl (C=O) groups is 1. The van der Waals surface area contributed by atoms with E-state index in [0.29, 0.717) is 11.0 Å². The molecule has 0 aromatic carbocycles. The maximum Gasteiger partial charge on any atom is 0.251 e. The van der Waals surface area contributed by atoms with Crippen molar-refractivity contribution >= 4 is 22.8 Å². The summed E-state index contributed by atoms with van der Waals surface area (Å²) < 4.78 is 7.27. The van der Waals surface area contributed by atoms with Crippen molar-refractivity contribution in [3.63, 3.8) is 0 Å². The number of ether oxygens (including phenoxy) is 1. The van der Waals surface area contributed by atoms with Crippen LogP contribution < -0.4 is 11.5 Å². The first-order chi connectivity index (χ1) is 10.5. The number of amides is 1. The number of primary amides is 1. The van der Waals surface area contributed by atoms with Crippen molar-refractivity contribution in [1.82, 2.24) is 14.5 Å². The summed E-state index contributed by atoms with van der Waals surface area (Å²) in [6.45, 7) is 1.48. The summed E-state index contributed by atoms with van der Waals surface area (Å²) in [6.07, 6.45) is 0.638. The Morgan fingerprint density at radius 2 is 2.23 bits per heavy atom. The van der Waals surface area contributed by atoms with Crippen LogP contribution in [0.25, 0.3) is 11.0 Å². The van der Waals surface area contributed by atoms with Gasteiger partial charge in [0.2, 0.25) is 0 Å². The van der Waals surface area contributed by atoms with E-state index in [1.165, 1.54) is 12.5 Å². The Morgan fingerprint density at radius 1 is 1.50 bits per heavy atom. The second kappa shape index (κ2) is 5.20. The Hall–Kier alpha value is -2.23. The van der Waals surface area contributed by atoms with Gasteiger partial charge in [0.15, 0.2) is 0 Å². The fourth-order valence-corrected chi connectivity index (χ4v) is 2.85. The van der Waals surface area contributed by atoms with E-state index in [1.807, 2.05) is 0 Å². The number of fused-ring (bicyclic) bond motifs is 1. The monoisotopic (exact) mass is 307 g/mol. The van der Waals surface area contributed by atoms with E-state index in [9.17, 15) is 15.0 Å². The van der Waals surface area contributed by atoms with Crippen LogP contribution in [-0.4, -0.2) is 49.5 Å². The summed E-state index contributed by atoms with van der Waals surface area (Å²) in [6, 6.07) is 0. The van der Waals surface area contributed by atoms with Gasteiger partial charge in [0.05, 0.1) is 23.7 Å². The molecular formula is C13H17N5O4. The largest absolute Gasteiger partial charge is 0.394 e. The third-order valence-corrected chi connectivity index (χ3v) is 4.04. The highest BCUT2D eigenvalue weighted by molar-refractivity contribution is 6.08. The Bertz CT molecular complexity index is 731. The van der Waals surface area contributed by atoms with Gasteiger partial charge in [-0.3, -0.25) is 4.79 Å². The predicted molar refractivity (Wildman–Crippen MR) is 76.6 cm³/mol. The van der Waals surface area contributed by atoms with Crippen molar-refractivity contribution in [3.8, 4) is 0 Å². The van der Waals surface area contributed by atoms with Crippen LogP contribution in [0.2, 0.25) is 0 Å². The normalized spacial score (nSPS) is 28.3. The minimum Gasteiger partial charge on any atom is -0.394 e.